The van der Waals surface area contributed by atoms with Crippen LogP contribution in [0.1, 0.15) is 477 Å². The highest BCUT2D eigenvalue weighted by Gasteiger charge is 2.30. The fourth-order valence-electron chi connectivity index (χ4n) is 13.7. The van der Waals surface area contributed by atoms with Crippen LogP contribution in [0.5, 0.6) is 0 Å². The zero-order valence-electron chi connectivity index (χ0n) is 69.4. The van der Waals surface area contributed by atoms with Gasteiger partial charge in [-0.2, -0.15) is 0 Å². The predicted octanol–water partition coefficient (Wildman–Crippen LogP) is 26.9. The van der Waals surface area contributed by atoms with Gasteiger partial charge in [0, 0.05) is 25.7 Å². The minimum atomic E-state index is -4.97. The van der Waals surface area contributed by atoms with E-state index in [2.05, 4.69) is 27.7 Å². The van der Waals surface area contributed by atoms with Crippen LogP contribution in [0.3, 0.4) is 0 Å². The maximum absolute atomic E-state index is 13.2. The summed E-state index contributed by atoms with van der Waals surface area (Å²) in [4.78, 5) is 73.2. The van der Waals surface area contributed by atoms with Crippen LogP contribution < -0.4 is 0 Å². The molecular weight excluding hydrogens is 1380 g/mol. The predicted molar refractivity (Wildman–Crippen MR) is 437 cm³/mol. The molecule has 0 aromatic rings. The number of phosphoric acid groups is 2. The van der Waals surface area contributed by atoms with Crippen LogP contribution >= 0.6 is 15.6 Å². The molecule has 630 valence electrons. The van der Waals surface area contributed by atoms with E-state index in [4.69, 9.17) is 37.0 Å². The van der Waals surface area contributed by atoms with E-state index < -0.39 is 97.5 Å². The van der Waals surface area contributed by atoms with Crippen molar-refractivity contribution in [2.75, 3.05) is 39.6 Å². The third-order valence-corrected chi connectivity index (χ3v) is 22.5. The fraction of sp³-hybridized carbons (Fsp3) is 0.954. The molecule has 0 amide bonds. The maximum Gasteiger partial charge on any atom is 0.472 e. The summed E-state index contributed by atoms with van der Waals surface area (Å²) >= 11 is 0. The minimum Gasteiger partial charge on any atom is -0.462 e. The van der Waals surface area contributed by atoms with Gasteiger partial charge >= 0.3 is 39.5 Å². The Morgan fingerprint density at radius 2 is 0.377 bits per heavy atom. The lowest BCUT2D eigenvalue weighted by molar-refractivity contribution is -0.161. The summed E-state index contributed by atoms with van der Waals surface area (Å²) in [5.41, 5.74) is 0. The van der Waals surface area contributed by atoms with E-state index in [1.54, 1.807) is 0 Å². The van der Waals surface area contributed by atoms with Gasteiger partial charge in [0.1, 0.15) is 19.3 Å². The number of aliphatic hydroxyl groups is 1. The Kier molecular flexibility index (Phi) is 79.6. The van der Waals surface area contributed by atoms with Gasteiger partial charge < -0.3 is 33.8 Å². The van der Waals surface area contributed by atoms with Crippen molar-refractivity contribution in [3.8, 4) is 0 Å². The van der Waals surface area contributed by atoms with Crippen molar-refractivity contribution in [2.24, 2.45) is 0 Å². The van der Waals surface area contributed by atoms with Crippen LogP contribution in [0.15, 0.2) is 0 Å². The number of hydrogen-bond acceptors (Lipinski definition) is 15. The van der Waals surface area contributed by atoms with E-state index in [1.165, 1.54) is 308 Å². The van der Waals surface area contributed by atoms with Crippen molar-refractivity contribution in [3.63, 3.8) is 0 Å². The van der Waals surface area contributed by atoms with E-state index in [-0.39, 0.29) is 25.7 Å². The molecule has 106 heavy (non-hydrogen) atoms. The largest absolute Gasteiger partial charge is 0.472 e. The summed E-state index contributed by atoms with van der Waals surface area (Å²) in [6.45, 7) is 5.06. The van der Waals surface area contributed by atoms with Gasteiger partial charge in [0.05, 0.1) is 26.4 Å². The van der Waals surface area contributed by atoms with Crippen LogP contribution in [0.25, 0.3) is 0 Å². The third-order valence-electron chi connectivity index (χ3n) is 20.6. The zero-order valence-corrected chi connectivity index (χ0v) is 71.2. The smallest absolute Gasteiger partial charge is 0.462 e. The molecule has 0 saturated heterocycles. The molecule has 0 aromatic heterocycles. The highest BCUT2D eigenvalue weighted by molar-refractivity contribution is 7.47. The first kappa shape index (κ1) is 104. The number of rotatable bonds is 88. The molecule has 0 saturated carbocycles. The summed E-state index contributed by atoms with van der Waals surface area (Å²) in [6, 6.07) is 0. The Balaban J connectivity index is 5.22. The van der Waals surface area contributed by atoms with Crippen molar-refractivity contribution >= 4 is 39.5 Å². The van der Waals surface area contributed by atoms with Crippen LogP contribution in [0.4, 0.5) is 0 Å². The summed E-state index contributed by atoms with van der Waals surface area (Å²) in [5, 5.41) is 10.7. The second-order valence-electron chi connectivity index (χ2n) is 31.3. The molecule has 0 fully saturated rings. The minimum absolute atomic E-state index is 0.109. The van der Waals surface area contributed by atoms with Gasteiger partial charge in [-0.25, -0.2) is 9.13 Å². The maximum atomic E-state index is 13.2. The van der Waals surface area contributed by atoms with Crippen molar-refractivity contribution < 1.29 is 80.2 Å². The number of aliphatic hydroxyl groups excluding tert-OH is 1. The molecule has 17 nitrogen and oxygen atoms in total. The van der Waals surface area contributed by atoms with E-state index in [9.17, 15) is 43.2 Å². The van der Waals surface area contributed by atoms with Gasteiger partial charge in [0.25, 0.3) is 0 Å². The van der Waals surface area contributed by atoms with E-state index in [1.807, 2.05) is 0 Å². The molecule has 0 aromatic carbocycles. The number of ether oxygens (including phenoxy) is 4. The lowest BCUT2D eigenvalue weighted by Crippen LogP contribution is -2.30. The second-order valence-corrected chi connectivity index (χ2v) is 34.2. The molecule has 0 rings (SSSR count). The zero-order chi connectivity index (χ0) is 77.4. The number of carbonyl (C=O) groups is 4. The third kappa shape index (κ3) is 80.1. The Hall–Kier alpha value is -1.94. The molecule has 0 aliphatic rings. The highest BCUT2D eigenvalue weighted by atomic mass is 31.2. The standard InChI is InChI=1S/C87H170O17P2/c1-5-9-13-17-21-25-29-32-35-38-40-42-45-48-51-54-58-62-66-70-74-87(92)104-83(78-98-85(90)72-68-64-60-56-52-49-46-44-41-39-36-33-30-26-22-18-14-10-6-2)80-102-106(95,96)100-76-81(88)75-99-105(93,94)101-79-82(77-97-84(89)71-67-63-59-55-28-24-20-16-12-8-4)103-86(91)73-69-65-61-57-53-50-47-43-37-34-31-27-23-19-15-11-7-3/h81-83,88H,5-80H2,1-4H3,(H,93,94)(H,95,96)/t81-,82+,83+/m0/s1. The molecule has 3 N–H and O–H groups in total. The number of esters is 4. The summed E-state index contributed by atoms with van der Waals surface area (Å²) < 4.78 is 68.9. The molecule has 0 radical (unpaired) electrons. The van der Waals surface area contributed by atoms with Gasteiger partial charge in [-0.05, 0) is 25.7 Å². The van der Waals surface area contributed by atoms with Gasteiger partial charge in [0.15, 0.2) is 12.2 Å². The van der Waals surface area contributed by atoms with Crippen molar-refractivity contribution in [1.29, 1.82) is 0 Å². The Morgan fingerprint density at radius 3 is 0.557 bits per heavy atom. The lowest BCUT2D eigenvalue weighted by atomic mass is 10.0. The van der Waals surface area contributed by atoms with Gasteiger partial charge in [-0.1, -0.05) is 426 Å². The Labute approximate surface area is 651 Å². The average Bonchev–Trinajstić information content (AvgIpc) is 0.901. The van der Waals surface area contributed by atoms with E-state index in [0.717, 1.165) is 89.9 Å². The van der Waals surface area contributed by atoms with Crippen LogP contribution in [0.2, 0.25) is 0 Å². The average molecular weight is 1550 g/mol. The first-order chi connectivity index (χ1) is 51.7. The van der Waals surface area contributed by atoms with Crippen LogP contribution in [-0.2, 0) is 65.4 Å². The molecule has 0 heterocycles. The fourth-order valence-corrected chi connectivity index (χ4v) is 15.3. The van der Waals surface area contributed by atoms with Gasteiger partial charge in [0.2, 0.25) is 0 Å². The summed E-state index contributed by atoms with van der Waals surface area (Å²) in [7, 11) is -9.93. The van der Waals surface area contributed by atoms with Crippen molar-refractivity contribution in [3.05, 3.63) is 0 Å². The Morgan fingerprint density at radius 1 is 0.226 bits per heavy atom. The number of unbranched alkanes of at least 4 members (excludes halogenated alkanes) is 62. The number of phosphoric ester groups is 2. The van der Waals surface area contributed by atoms with Gasteiger partial charge in [-0.3, -0.25) is 37.3 Å². The highest BCUT2D eigenvalue weighted by Crippen LogP contribution is 2.45. The summed E-state index contributed by atoms with van der Waals surface area (Å²) in [5.74, 6) is -2.10. The van der Waals surface area contributed by atoms with Crippen molar-refractivity contribution in [1.82, 2.24) is 0 Å². The molecule has 5 atom stereocenters. The van der Waals surface area contributed by atoms with Crippen LogP contribution in [-0.4, -0.2) is 96.7 Å². The second kappa shape index (κ2) is 81.1. The van der Waals surface area contributed by atoms with Gasteiger partial charge in [-0.15, -0.1) is 0 Å². The topological polar surface area (TPSA) is 237 Å². The number of hydrogen-bond donors (Lipinski definition) is 3. The number of carbonyl (C=O) groups excluding carboxylic acids is 4. The molecule has 0 aliphatic carbocycles. The quantitative estimate of drug-likeness (QED) is 0.0222. The van der Waals surface area contributed by atoms with E-state index in [0.29, 0.717) is 25.7 Å². The Bertz CT molecular complexity index is 2000. The van der Waals surface area contributed by atoms with E-state index >= 15 is 0 Å². The molecule has 2 unspecified atom stereocenters. The molecule has 0 aliphatic heterocycles. The lowest BCUT2D eigenvalue weighted by Gasteiger charge is -2.21. The molecule has 0 bridgehead atoms. The molecular formula is C87H170O17P2. The normalized spacial score (nSPS) is 13.7. The first-order valence-corrected chi connectivity index (χ1v) is 48.3. The van der Waals surface area contributed by atoms with Crippen LogP contribution in [0, 0.1) is 0 Å². The SMILES string of the molecule is CCCCCCCCCCCCCCCCCCCCCCC(=O)O[C@H](COC(=O)CCCCCCCCCCCCCCCCCCCCC)COP(=O)(O)OC[C@@H](O)COP(=O)(O)OC[C@@H](COC(=O)CCCCCCCCCCCC)OC(=O)CCCCCCCCCCCCCCCCCCC. The molecule has 19 heteroatoms. The summed E-state index contributed by atoms with van der Waals surface area (Å²) in [6.07, 6.45) is 76.4. The first-order valence-electron chi connectivity index (χ1n) is 45.3. The molecule has 0 spiro atoms. The monoisotopic (exact) mass is 1550 g/mol. The van der Waals surface area contributed by atoms with Crippen molar-refractivity contribution in [2.45, 2.75) is 495 Å².